The molecule has 0 aliphatic heterocycles. The average Bonchev–Trinajstić information content (AvgIpc) is 2.75. The fraction of sp³-hybridized carbons (Fsp3) is 0.739. The van der Waals surface area contributed by atoms with Crippen LogP contribution in [0.15, 0.2) is 30.3 Å². The third-order valence-corrected chi connectivity index (χ3v) is 10.4. The van der Waals surface area contributed by atoms with Crippen molar-refractivity contribution < 1.29 is 9.05 Å². The van der Waals surface area contributed by atoms with Crippen molar-refractivity contribution in [3.05, 3.63) is 30.3 Å². The Hall–Kier alpha value is -0.0600. The fourth-order valence-electron chi connectivity index (χ4n) is 3.05. The Balaban J connectivity index is 2.64. The second kappa shape index (κ2) is 16.6. The van der Waals surface area contributed by atoms with Gasteiger partial charge in [-0.1, -0.05) is 84.4 Å². The topological polar surface area (TPSA) is 30.5 Å². The lowest BCUT2D eigenvalue weighted by Gasteiger charge is -2.26. The van der Waals surface area contributed by atoms with Crippen molar-refractivity contribution in [2.45, 2.75) is 79.1 Å². The molecule has 2 atom stereocenters. The molecule has 0 aromatic heterocycles. The van der Waals surface area contributed by atoms with E-state index in [1.165, 1.54) is 38.5 Å². The van der Waals surface area contributed by atoms with E-state index in [1.807, 2.05) is 18.2 Å². The SMILES string of the molecule is CCCCC(CC)COP(=S)(OCC(CC)CCCC)SCNc1ccccc1. The van der Waals surface area contributed by atoms with Gasteiger partial charge in [0.25, 0.3) is 0 Å². The molecule has 1 N–H and O–H groups in total. The van der Waals surface area contributed by atoms with Gasteiger partial charge in [0.05, 0.1) is 19.1 Å². The lowest BCUT2D eigenvalue weighted by molar-refractivity contribution is 0.188. The summed E-state index contributed by atoms with van der Waals surface area (Å²) in [4.78, 5) is 0. The maximum absolute atomic E-state index is 6.34. The maximum atomic E-state index is 6.34. The second-order valence-corrected chi connectivity index (χ2v) is 14.0. The molecule has 2 unspecified atom stereocenters. The maximum Gasteiger partial charge on any atom is 0.249 e. The molecular formula is C23H42NO2PS2. The van der Waals surface area contributed by atoms with Crippen molar-refractivity contribution in [1.29, 1.82) is 0 Å². The van der Waals surface area contributed by atoms with E-state index in [0.29, 0.717) is 17.7 Å². The first-order valence-electron chi connectivity index (χ1n) is 11.4. The first-order chi connectivity index (χ1) is 14.1. The summed E-state index contributed by atoms with van der Waals surface area (Å²) < 4.78 is 12.7. The van der Waals surface area contributed by atoms with E-state index < -0.39 is 5.69 Å². The van der Waals surface area contributed by atoms with E-state index in [0.717, 1.165) is 31.7 Å². The van der Waals surface area contributed by atoms with E-state index in [1.54, 1.807) is 11.4 Å². The van der Waals surface area contributed by atoms with Gasteiger partial charge in [0.1, 0.15) is 0 Å². The van der Waals surface area contributed by atoms with Crippen LogP contribution in [0.3, 0.4) is 0 Å². The standard InChI is InChI=1S/C23H42NO2PS2/c1-5-9-14-21(7-3)18-25-27(28,26-19-22(8-4)15-10-6-2)29-20-24-23-16-12-11-13-17-23/h11-13,16-17,21-22,24H,5-10,14-15,18-20H2,1-4H3. The number of nitrogens with one attached hydrogen (secondary N) is 1. The number of rotatable bonds is 18. The zero-order valence-electron chi connectivity index (χ0n) is 18.9. The van der Waals surface area contributed by atoms with Crippen molar-refractivity contribution >= 4 is 34.6 Å². The summed E-state index contributed by atoms with van der Waals surface area (Å²) in [5.41, 5.74) is -1.27. The number of anilines is 1. The van der Waals surface area contributed by atoms with Crippen LogP contribution in [0.2, 0.25) is 0 Å². The second-order valence-electron chi connectivity index (χ2n) is 7.69. The van der Waals surface area contributed by atoms with E-state index >= 15 is 0 Å². The Labute approximate surface area is 189 Å². The predicted molar refractivity (Wildman–Crippen MR) is 135 cm³/mol. The van der Waals surface area contributed by atoms with Crippen LogP contribution in [-0.4, -0.2) is 19.1 Å². The summed E-state index contributed by atoms with van der Waals surface area (Å²) >= 11 is 7.61. The predicted octanol–water partition coefficient (Wildman–Crippen LogP) is 8.48. The minimum Gasteiger partial charge on any atom is -0.375 e. The summed E-state index contributed by atoms with van der Waals surface area (Å²) in [5, 5.41) is 3.44. The highest BCUT2D eigenvalue weighted by Crippen LogP contribution is 2.61. The normalized spacial score (nSPS) is 15.6. The Kier molecular flexibility index (Phi) is 15.5. The van der Waals surface area contributed by atoms with Gasteiger partial charge >= 0.3 is 0 Å². The average molecular weight is 460 g/mol. The van der Waals surface area contributed by atoms with Gasteiger partial charge in [-0.2, -0.15) is 0 Å². The lowest BCUT2D eigenvalue weighted by Crippen LogP contribution is -2.12. The Morgan fingerprint density at radius 1 is 0.897 bits per heavy atom. The molecule has 0 heterocycles. The van der Waals surface area contributed by atoms with Gasteiger partial charge in [0.2, 0.25) is 5.69 Å². The summed E-state index contributed by atoms with van der Waals surface area (Å²) in [6, 6.07) is 10.2. The van der Waals surface area contributed by atoms with Crippen LogP contribution in [-0.2, 0) is 20.9 Å². The molecule has 3 nitrogen and oxygen atoms in total. The van der Waals surface area contributed by atoms with E-state index in [9.17, 15) is 0 Å². The van der Waals surface area contributed by atoms with Crippen molar-refractivity contribution in [2.75, 3.05) is 24.4 Å². The molecule has 168 valence electrons. The molecule has 0 aliphatic rings. The van der Waals surface area contributed by atoms with Crippen molar-refractivity contribution in [2.24, 2.45) is 11.8 Å². The lowest BCUT2D eigenvalue weighted by atomic mass is 10.0. The highest BCUT2D eigenvalue weighted by Gasteiger charge is 2.23. The molecule has 0 spiro atoms. The molecule has 6 heteroatoms. The Morgan fingerprint density at radius 2 is 1.41 bits per heavy atom. The van der Waals surface area contributed by atoms with E-state index in [4.69, 9.17) is 20.9 Å². The number of hydrogen-bond donors (Lipinski definition) is 1. The molecule has 1 rings (SSSR count). The van der Waals surface area contributed by atoms with Crippen LogP contribution in [0.5, 0.6) is 0 Å². The third kappa shape index (κ3) is 12.4. The first kappa shape index (κ1) is 27.0. The molecule has 0 saturated carbocycles. The quantitative estimate of drug-likeness (QED) is 0.176. The van der Waals surface area contributed by atoms with Crippen LogP contribution in [0, 0.1) is 11.8 Å². The largest absolute Gasteiger partial charge is 0.375 e. The summed E-state index contributed by atoms with van der Waals surface area (Å²) in [5.74, 6) is 1.86. The van der Waals surface area contributed by atoms with Gasteiger partial charge in [0, 0.05) is 5.69 Å². The van der Waals surface area contributed by atoms with Gasteiger partial charge in [-0.3, -0.25) is 0 Å². The van der Waals surface area contributed by atoms with E-state index in [-0.39, 0.29) is 0 Å². The Bertz CT molecular complexity index is 535. The summed E-state index contributed by atoms with van der Waals surface area (Å²) in [7, 11) is 0. The molecule has 1 aromatic rings. The molecule has 0 amide bonds. The summed E-state index contributed by atoms with van der Waals surface area (Å²) in [6.07, 6.45) is 9.66. The molecule has 29 heavy (non-hydrogen) atoms. The molecule has 1 aromatic carbocycles. The zero-order valence-corrected chi connectivity index (χ0v) is 21.4. The van der Waals surface area contributed by atoms with Crippen molar-refractivity contribution in [3.8, 4) is 0 Å². The Morgan fingerprint density at radius 3 is 1.86 bits per heavy atom. The van der Waals surface area contributed by atoms with Gasteiger partial charge < -0.3 is 14.4 Å². The van der Waals surface area contributed by atoms with Gasteiger partial charge in [-0.15, -0.1) is 0 Å². The van der Waals surface area contributed by atoms with Crippen molar-refractivity contribution in [3.63, 3.8) is 0 Å². The number of benzene rings is 1. The van der Waals surface area contributed by atoms with Gasteiger partial charge in [-0.05, 0) is 60.0 Å². The molecule has 0 saturated heterocycles. The zero-order chi connectivity index (χ0) is 21.4. The van der Waals surface area contributed by atoms with Crippen LogP contribution >= 0.6 is 17.1 Å². The minimum atomic E-state index is -2.37. The number of unbranched alkanes of at least 4 members (excludes halogenated alkanes) is 2. The van der Waals surface area contributed by atoms with Crippen LogP contribution in [0.25, 0.3) is 0 Å². The molecular weight excluding hydrogens is 417 g/mol. The molecule has 0 bridgehead atoms. The van der Waals surface area contributed by atoms with Crippen molar-refractivity contribution in [1.82, 2.24) is 0 Å². The van der Waals surface area contributed by atoms with Gasteiger partial charge in [0.15, 0.2) is 0 Å². The molecule has 0 aliphatic carbocycles. The summed E-state index contributed by atoms with van der Waals surface area (Å²) in [6.45, 7) is 10.4. The fourth-order valence-corrected chi connectivity index (χ4v) is 6.77. The molecule has 0 fully saturated rings. The molecule has 0 radical (unpaired) electrons. The smallest absolute Gasteiger partial charge is 0.249 e. The number of para-hydroxylation sites is 1. The third-order valence-electron chi connectivity index (χ3n) is 5.30. The number of hydrogen-bond acceptors (Lipinski definition) is 5. The first-order valence-corrected chi connectivity index (χ1v) is 15.6. The van der Waals surface area contributed by atoms with Crippen LogP contribution in [0.1, 0.15) is 79.1 Å². The highest BCUT2D eigenvalue weighted by atomic mass is 32.9. The van der Waals surface area contributed by atoms with Crippen LogP contribution < -0.4 is 5.32 Å². The monoisotopic (exact) mass is 459 g/mol. The van der Waals surface area contributed by atoms with E-state index in [2.05, 4.69) is 45.1 Å². The van der Waals surface area contributed by atoms with Gasteiger partial charge in [-0.25, -0.2) is 0 Å². The minimum absolute atomic E-state index is 0.575. The highest BCUT2D eigenvalue weighted by molar-refractivity contribution is 8.67. The van der Waals surface area contributed by atoms with Crippen LogP contribution in [0.4, 0.5) is 5.69 Å².